The van der Waals surface area contributed by atoms with E-state index in [1.54, 1.807) is 24.3 Å². The third kappa shape index (κ3) is 2.70. The minimum absolute atomic E-state index is 0.0187. The lowest BCUT2D eigenvalue weighted by molar-refractivity contribution is 0.0894. The predicted molar refractivity (Wildman–Crippen MR) is 62.5 cm³/mol. The van der Waals surface area contributed by atoms with E-state index in [2.05, 4.69) is 5.32 Å². The Bertz CT molecular complexity index is 465. The number of β-amino-alcohol motifs (C(OH)–C–C–N with tert-alkyl or cyclic N) is 1. The molecule has 1 heterocycles. The van der Waals surface area contributed by atoms with Gasteiger partial charge in [-0.15, -0.1) is 0 Å². The summed E-state index contributed by atoms with van der Waals surface area (Å²) < 4.78 is 0. The summed E-state index contributed by atoms with van der Waals surface area (Å²) in [6, 6.07) is 8.68. The van der Waals surface area contributed by atoms with Gasteiger partial charge in [0.1, 0.15) is 0 Å². The van der Waals surface area contributed by atoms with E-state index in [0.717, 1.165) is 0 Å². The van der Waals surface area contributed by atoms with Gasteiger partial charge in [0.25, 0.3) is 0 Å². The van der Waals surface area contributed by atoms with Gasteiger partial charge in [0, 0.05) is 31.0 Å². The standard InChI is InChI=1S/C13H14N2O2/c14-6-9-2-1-3-10(4-9)12(16)5-11-7-15-8-13(11)17/h1-4,11,13,15,17H,5,7-8H2. The Kier molecular flexibility index (Phi) is 3.52. The summed E-state index contributed by atoms with van der Waals surface area (Å²) in [4.78, 5) is 12.0. The van der Waals surface area contributed by atoms with Crippen LogP contribution in [0.4, 0.5) is 0 Å². The predicted octanol–water partition coefficient (Wildman–Crippen LogP) is 0.711. The Morgan fingerprint density at radius 3 is 3.00 bits per heavy atom. The zero-order chi connectivity index (χ0) is 12.3. The fraction of sp³-hybridized carbons (Fsp3) is 0.385. The Hall–Kier alpha value is -1.70. The number of benzene rings is 1. The first-order valence-electron chi connectivity index (χ1n) is 5.63. The van der Waals surface area contributed by atoms with Crippen molar-refractivity contribution in [2.45, 2.75) is 12.5 Å². The summed E-state index contributed by atoms with van der Waals surface area (Å²) in [5, 5.41) is 21.4. The van der Waals surface area contributed by atoms with Crippen molar-refractivity contribution >= 4 is 5.78 Å². The van der Waals surface area contributed by atoms with Crippen molar-refractivity contribution in [2.75, 3.05) is 13.1 Å². The lowest BCUT2D eigenvalue weighted by Gasteiger charge is -2.11. The van der Waals surface area contributed by atoms with E-state index in [9.17, 15) is 9.90 Å². The number of carbonyl (C=O) groups excluding carboxylic acids is 1. The molecular formula is C13H14N2O2. The van der Waals surface area contributed by atoms with Crippen molar-refractivity contribution in [3.8, 4) is 6.07 Å². The van der Waals surface area contributed by atoms with Crippen LogP contribution in [0.3, 0.4) is 0 Å². The van der Waals surface area contributed by atoms with E-state index in [0.29, 0.717) is 30.6 Å². The lowest BCUT2D eigenvalue weighted by atomic mass is 9.95. The number of aliphatic hydroxyl groups excluding tert-OH is 1. The van der Waals surface area contributed by atoms with E-state index in [1.807, 2.05) is 6.07 Å². The van der Waals surface area contributed by atoms with Crippen molar-refractivity contribution in [1.29, 1.82) is 5.26 Å². The average molecular weight is 230 g/mol. The zero-order valence-corrected chi connectivity index (χ0v) is 9.39. The van der Waals surface area contributed by atoms with Crippen LogP contribution in [0, 0.1) is 17.2 Å². The molecule has 0 bridgehead atoms. The topological polar surface area (TPSA) is 73.1 Å². The average Bonchev–Trinajstić information content (AvgIpc) is 2.75. The number of nitrogens with zero attached hydrogens (tertiary/aromatic N) is 1. The van der Waals surface area contributed by atoms with E-state index >= 15 is 0 Å². The Morgan fingerprint density at radius 1 is 1.53 bits per heavy atom. The van der Waals surface area contributed by atoms with Crippen molar-refractivity contribution in [2.24, 2.45) is 5.92 Å². The quantitative estimate of drug-likeness (QED) is 0.750. The molecule has 0 saturated carbocycles. The molecule has 17 heavy (non-hydrogen) atoms. The number of Topliss-reactive ketones (excluding diaryl/α,β-unsaturated/α-hetero) is 1. The maximum Gasteiger partial charge on any atom is 0.163 e. The molecule has 0 amide bonds. The van der Waals surface area contributed by atoms with Gasteiger partial charge in [0.05, 0.1) is 17.7 Å². The summed E-state index contributed by atoms with van der Waals surface area (Å²) in [7, 11) is 0. The molecule has 0 spiro atoms. The van der Waals surface area contributed by atoms with E-state index in [4.69, 9.17) is 5.26 Å². The molecule has 1 aromatic carbocycles. The van der Waals surface area contributed by atoms with Gasteiger partial charge >= 0.3 is 0 Å². The summed E-state index contributed by atoms with van der Waals surface area (Å²) in [5.41, 5.74) is 1.03. The third-order valence-electron chi connectivity index (χ3n) is 3.07. The first-order chi connectivity index (χ1) is 8.20. The van der Waals surface area contributed by atoms with Crippen LogP contribution in [0.1, 0.15) is 22.3 Å². The molecule has 2 atom stereocenters. The lowest BCUT2D eigenvalue weighted by Crippen LogP contribution is -2.21. The van der Waals surface area contributed by atoms with Crippen LogP contribution in [0.15, 0.2) is 24.3 Å². The molecule has 1 aliphatic heterocycles. The molecule has 1 aliphatic rings. The van der Waals surface area contributed by atoms with Crippen LogP contribution in [-0.2, 0) is 0 Å². The molecule has 4 nitrogen and oxygen atoms in total. The smallest absolute Gasteiger partial charge is 0.163 e. The molecule has 1 aromatic rings. The molecule has 2 rings (SSSR count). The van der Waals surface area contributed by atoms with Crippen LogP contribution >= 0.6 is 0 Å². The maximum atomic E-state index is 12.0. The van der Waals surface area contributed by atoms with Gasteiger partial charge in [0.15, 0.2) is 5.78 Å². The molecule has 0 aliphatic carbocycles. The second-order valence-corrected chi connectivity index (χ2v) is 4.31. The molecular weight excluding hydrogens is 216 g/mol. The third-order valence-corrected chi connectivity index (χ3v) is 3.07. The minimum atomic E-state index is -0.446. The van der Waals surface area contributed by atoms with Crippen LogP contribution in [0.2, 0.25) is 0 Å². The van der Waals surface area contributed by atoms with Crippen molar-refractivity contribution in [3.05, 3.63) is 35.4 Å². The summed E-state index contributed by atoms with van der Waals surface area (Å²) in [6.45, 7) is 1.22. The van der Waals surface area contributed by atoms with Gasteiger partial charge in [-0.3, -0.25) is 4.79 Å². The Labute approximate surface area is 99.9 Å². The summed E-state index contributed by atoms with van der Waals surface area (Å²) >= 11 is 0. The maximum absolute atomic E-state index is 12.0. The number of carbonyl (C=O) groups is 1. The second kappa shape index (κ2) is 5.09. The van der Waals surface area contributed by atoms with E-state index < -0.39 is 6.10 Å². The van der Waals surface area contributed by atoms with Crippen LogP contribution in [-0.4, -0.2) is 30.1 Å². The monoisotopic (exact) mass is 230 g/mol. The van der Waals surface area contributed by atoms with Crippen LogP contribution in [0.25, 0.3) is 0 Å². The largest absolute Gasteiger partial charge is 0.391 e. The highest BCUT2D eigenvalue weighted by molar-refractivity contribution is 5.96. The number of hydrogen-bond donors (Lipinski definition) is 2. The normalized spacial score (nSPS) is 23.3. The molecule has 0 aromatic heterocycles. The first-order valence-corrected chi connectivity index (χ1v) is 5.63. The van der Waals surface area contributed by atoms with Gasteiger partial charge in [-0.25, -0.2) is 0 Å². The molecule has 2 unspecified atom stereocenters. The van der Waals surface area contributed by atoms with E-state index in [-0.39, 0.29) is 11.7 Å². The van der Waals surface area contributed by atoms with Gasteiger partial charge < -0.3 is 10.4 Å². The highest BCUT2D eigenvalue weighted by Gasteiger charge is 2.27. The number of ketones is 1. The second-order valence-electron chi connectivity index (χ2n) is 4.31. The van der Waals surface area contributed by atoms with E-state index in [1.165, 1.54) is 0 Å². The van der Waals surface area contributed by atoms with Gasteiger partial charge in [0.2, 0.25) is 0 Å². The number of hydrogen-bond acceptors (Lipinski definition) is 4. The highest BCUT2D eigenvalue weighted by Crippen LogP contribution is 2.17. The van der Waals surface area contributed by atoms with Crippen molar-refractivity contribution in [3.63, 3.8) is 0 Å². The van der Waals surface area contributed by atoms with Crippen LogP contribution < -0.4 is 5.32 Å². The first kappa shape index (κ1) is 11.8. The fourth-order valence-electron chi connectivity index (χ4n) is 2.05. The number of rotatable bonds is 3. The molecule has 2 N–H and O–H groups in total. The number of nitrogens with one attached hydrogen (secondary N) is 1. The van der Waals surface area contributed by atoms with Crippen molar-refractivity contribution < 1.29 is 9.90 Å². The number of aliphatic hydroxyl groups is 1. The van der Waals surface area contributed by atoms with Crippen molar-refractivity contribution in [1.82, 2.24) is 5.32 Å². The summed E-state index contributed by atoms with van der Waals surface area (Å²) in [5.74, 6) is -0.0388. The molecule has 4 heteroatoms. The molecule has 1 fully saturated rings. The fourth-order valence-corrected chi connectivity index (χ4v) is 2.05. The molecule has 0 radical (unpaired) electrons. The minimum Gasteiger partial charge on any atom is -0.391 e. The van der Waals surface area contributed by atoms with Gasteiger partial charge in [-0.05, 0) is 12.1 Å². The molecule has 88 valence electrons. The Morgan fingerprint density at radius 2 is 2.35 bits per heavy atom. The zero-order valence-electron chi connectivity index (χ0n) is 9.39. The SMILES string of the molecule is N#Cc1cccc(C(=O)CC2CNCC2O)c1. The van der Waals surface area contributed by atoms with Gasteiger partial charge in [-0.1, -0.05) is 12.1 Å². The van der Waals surface area contributed by atoms with Gasteiger partial charge in [-0.2, -0.15) is 5.26 Å². The Balaban J connectivity index is 2.07. The van der Waals surface area contributed by atoms with Crippen LogP contribution in [0.5, 0.6) is 0 Å². The number of nitriles is 1. The summed E-state index contributed by atoms with van der Waals surface area (Å²) in [6.07, 6.45) is -0.124. The molecule has 1 saturated heterocycles. The highest BCUT2D eigenvalue weighted by atomic mass is 16.3.